The Morgan fingerprint density at radius 3 is 2.14 bits per heavy atom. The molecule has 7 nitrogen and oxygen atoms in total. The van der Waals surface area contributed by atoms with Gasteiger partial charge in [-0.05, 0) is 65.0 Å². The molecule has 0 atom stereocenters. The van der Waals surface area contributed by atoms with Gasteiger partial charge in [0.05, 0.1) is 21.8 Å². The third kappa shape index (κ3) is 3.94. The number of nitrogens with zero attached hydrogens (tertiary/aromatic N) is 2. The van der Waals surface area contributed by atoms with Crippen molar-refractivity contribution in [2.45, 2.75) is 50.7 Å². The molecule has 0 unspecified atom stereocenters. The molecule has 10 heteroatoms. The number of aryl methyl sites for hydroxylation is 2. The lowest BCUT2D eigenvalue weighted by Crippen LogP contribution is -2.41. The van der Waals surface area contributed by atoms with E-state index in [9.17, 15) is 13.2 Å². The highest BCUT2D eigenvalue weighted by atomic mass is 32.2. The van der Waals surface area contributed by atoms with Crippen LogP contribution in [0.25, 0.3) is 22.2 Å². The third-order valence-electron chi connectivity index (χ3n) is 7.34. The molecular weight excluding hydrogens is 494 g/mol. The Kier molecular flexibility index (Phi) is 5.78. The Hall–Kier alpha value is -3.21. The van der Waals surface area contributed by atoms with Crippen molar-refractivity contribution < 1.29 is 22.1 Å². The van der Waals surface area contributed by atoms with E-state index in [4.69, 9.17) is 9.31 Å². The first-order valence-electron chi connectivity index (χ1n) is 11.9. The van der Waals surface area contributed by atoms with Gasteiger partial charge in [0.15, 0.2) is 0 Å². The number of hydrogen-bond acceptors (Lipinski definition) is 5. The largest absolute Gasteiger partial charge is 0.497 e. The number of fused-ring (bicyclic) bond motifs is 1. The molecule has 1 aliphatic heterocycles. The molecule has 3 heterocycles. The Morgan fingerprint density at radius 2 is 1.54 bits per heavy atom. The lowest BCUT2D eigenvalue weighted by Gasteiger charge is -2.32. The van der Waals surface area contributed by atoms with Crippen LogP contribution in [-0.4, -0.2) is 35.3 Å². The lowest BCUT2D eigenvalue weighted by molar-refractivity contribution is 0.00578. The van der Waals surface area contributed by atoms with Crippen molar-refractivity contribution >= 4 is 33.5 Å². The van der Waals surface area contributed by atoms with Crippen LogP contribution in [0.15, 0.2) is 70.5 Å². The Morgan fingerprint density at radius 1 is 0.946 bits per heavy atom. The second kappa shape index (κ2) is 8.41. The van der Waals surface area contributed by atoms with Gasteiger partial charge in [0.1, 0.15) is 11.3 Å². The van der Waals surface area contributed by atoms with Crippen molar-refractivity contribution in [1.29, 1.82) is 0 Å². The van der Waals surface area contributed by atoms with E-state index in [-0.39, 0.29) is 21.7 Å². The monoisotopic (exact) mass is 522 g/mol. The van der Waals surface area contributed by atoms with Gasteiger partial charge in [0, 0.05) is 29.7 Å². The summed E-state index contributed by atoms with van der Waals surface area (Å²) >= 11 is 0. The predicted molar refractivity (Wildman–Crippen MR) is 142 cm³/mol. The number of rotatable bonds is 4. The van der Waals surface area contributed by atoms with Crippen LogP contribution in [0.1, 0.15) is 33.3 Å². The minimum Gasteiger partial charge on any atom is -0.399 e. The van der Waals surface area contributed by atoms with E-state index >= 15 is 4.39 Å². The quantitative estimate of drug-likeness (QED) is 0.379. The number of halogens is 1. The van der Waals surface area contributed by atoms with Crippen molar-refractivity contribution in [2.75, 3.05) is 0 Å². The van der Waals surface area contributed by atoms with E-state index in [1.807, 2.05) is 34.6 Å². The molecule has 0 N–H and O–H groups in total. The highest BCUT2D eigenvalue weighted by Gasteiger charge is 2.52. The van der Waals surface area contributed by atoms with Crippen LogP contribution in [-0.2, 0) is 26.4 Å². The first-order chi connectivity index (χ1) is 17.2. The second-order valence-corrected chi connectivity index (χ2v) is 12.2. The molecule has 4 aromatic rings. The van der Waals surface area contributed by atoms with Gasteiger partial charge in [0.25, 0.3) is 15.6 Å². The summed E-state index contributed by atoms with van der Waals surface area (Å²) in [5, 5.41) is 0.315. The number of pyridine rings is 1. The third-order valence-corrected chi connectivity index (χ3v) is 9.07. The Labute approximate surface area is 215 Å². The smallest absolute Gasteiger partial charge is 0.399 e. The summed E-state index contributed by atoms with van der Waals surface area (Å²) in [5.74, 6) is -0.611. The van der Waals surface area contributed by atoms with Gasteiger partial charge in [-0.3, -0.25) is 4.79 Å². The maximum absolute atomic E-state index is 15.1. The fourth-order valence-corrected chi connectivity index (χ4v) is 6.02. The topological polar surface area (TPSA) is 79.5 Å². The van der Waals surface area contributed by atoms with Crippen molar-refractivity contribution in [2.24, 2.45) is 7.05 Å². The Balaban J connectivity index is 1.89. The van der Waals surface area contributed by atoms with Gasteiger partial charge >= 0.3 is 7.12 Å². The molecule has 0 saturated carbocycles. The van der Waals surface area contributed by atoms with E-state index in [0.29, 0.717) is 10.8 Å². The molecule has 1 saturated heterocycles. The van der Waals surface area contributed by atoms with E-state index in [2.05, 4.69) is 0 Å². The first-order valence-corrected chi connectivity index (χ1v) is 13.4. The molecule has 1 fully saturated rings. The first kappa shape index (κ1) is 25.4. The molecule has 0 spiro atoms. The standard InChI is InChI=1S/C27H28BFN2O5S/c1-17-11-13-18(14-12-17)37(33,34)31-23(19-9-7-8-10-22(19)29)15-20-21(16-30(6)25(32)24(20)31)28-35-26(2,3)27(4,5)36-28/h7-16H,1-6H3. The maximum atomic E-state index is 15.1. The van der Waals surface area contributed by atoms with Crippen LogP contribution in [0, 0.1) is 12.7 Å². The van der Waals surface area contributed by atoms with Crippen LogP contribution in [0.4, 0.5) is 4.39 Å². The van der Waals surface area contributed by atoms with Gasteiger partial charge < -0.3 is 13.9 Å². The maximum Gasteiger partial charge on any atom is 0.497 e. The summed E-state index contributed by atoms with van der Waals surface area (Å²) in [4.78, 5) is 13.5. The molecule has 192 valence electrons. The lowest BCUT2D eigenvalue weighted by atomic mass is 9.78. The summed E-state index contributed by atoms with van der Waals surface area (Å²) in [6.07, 6.45) is 1.58. The predicted octanol–water partition coefficient (Wildman–Crippen LogP) is 3.99. The van der Waals surface area contributed by atoms with Crippen molar-refractivity contribution in [3.8, 4) is 11.3 Å². The van der Waals surface area contributed by atoms with Gasteiger partial charge in [-0.1, -0.05) is 29.8 Å². The van der Waals surface area contributed by atoms with Gasteiger partial charge in [-0.25, -0.2) is 16.8 Å². The zero-order valence-corrected chi connectivity index (χ0v) is 22.4. The van der Waals surface area contributed by atoms with E-state index in [0.717, 1.165) is 9.54 Å². The molecule has 2 aromatic heterocycles. The summed E-state index contributed by atoms with van der Waals surface area (Å²) in [6, 6.07) is 13.7. The highest BCUT2D eigenvalue weighted by Crippen LogP contribution is 2.38. The van der Waals surface area contributed by atoms with Crippen LogP contribution < -0.4 is 11.0 Å². The number of hydrogen-bond donors (Lipinski definition) is 0. The van der Waals surface area contributed by atoms with Crippen molar-refractivity contribution in [3.05, 3.63) is 82.5 Å². The van der Waals surface area contributed by atoms with Gasteiger partial charge in [-0.15, -0.1) is 0 Å². The van der Waals surface area contributed by atoms with E-state index < -0.39 is 39.7 Å². The average molecular weight is 522 g/mol. The SMILES string of the molecule is Cc1ccc(S(=O)(=O)n2c(-c3ccccc3F)cc3c(B4OC(C)(C)C(C)(C)O4)cn(C)c(=O)c32)cc1. The fraction of sp³-hybridized carbons (Fsp3) is 0.296. The van der Waals surface area contributed by atoms with Crippen LogP contribution in [0.5, 0.6) is 0 Å². The minimum atomic E-state index is -4.30. The van der Waals surface area contributed by atoms with Crippen molar-refractivity contribution in [3.63, 3.8) is 0 Å². The zero-order chi connectivity index (χ0) is 26.9. The molecule has 0 radical (unpaired) electrons. The molecular formula is C27H28BFN2O5S. The van der Waals surface area contributed by atoms with E-state index in [1.54, 1.807) is 24.4 Å². The summed E-state index contributed by atoms with van der Waals surface area (Å²) in [6.45, 7) is 9.47. The molecule has 5 rings (SSSR count). The molecule has 0 amide bonds. The molecule has 0 aliphatic carbocycles. The second-order valence-electron chi connectivity index (χ2n) is 10.4. The minimum absolute atomic E-state index is 0.0173. The summed E-state index contributed by atoms with van der Waals surface area (Å²) in [5.41, 5.74) is -0.531. The van der Waals surface area contributed by atoms with E-state index in [1.165, 1.54) is 48.0 Å². The van der Waals surface area contributed by atoms with Crippen LogP contribution in [0.2, 0.25) is 0 Å². The molecule has 1 aliphatic rings. The Bertz CT molecular complexity index is 1690. The van der Waals surface area contributed by atoms with Crippen molar-refractivity contribution in [1.82, 2.24) is 8.54 Å². The summed E-state index contributed by atoms with van der Waals surface area (Å²) < 4.78 is 57.9. The zero-order valence-electron chi connectivity index (χ0n) is 21.6. The molecule has 2 aromatic carbocycles. The molecule has 0 bridgehead atoms. The normalized spacial score (nSPS) is 17.0. The fourth-order valence-electron chi connectivity index (χ4n) is 4.50. The van der Waals surface area contributed by atoms with Gasteiger partial charge in [0.2, 0.25) is 0 Å². The average Bonchev–Trinajstić information content (AvgIpc) is 3.32. The highest BCUT2D eigenvalue weighted by molar-refractivity contribution is 7.90. The number of aromatic nitrogens is 2. The summed E-state index contributed by atoms with van der Waals surface area (Å²) in [7, 11) is -3.64. The van der Waals surface area contributed by atoms with Crippen LogP contribution >= 0.6 is 0 Å². The van der Waals surface area contributed by atoms with Crippen LogP contribution in [0.3, 0.4) is 0 Å². The van der Waals surface area contributed by atoms with Gasteiger partial charge in [-0.2, -0.15) is 0 Å². The molecule has 37 heavy (non-hydrogen) atoms. The number of benzene rings is 2.